The minimum absolute atomic E-state index is 0.378. The fraction of sp³-hybridized carbons (Fsp3) is 0. The second-order valence-electron chi connectivity index (χ2n) is 3.03. The molecular weight excluding hydrogens is 182 g/mol. The van der Waals surface area contributed by atoms with Gasteiger partial charge >= 0.3 is 0 Å². The number of rotatable bonds is 0. The van der Waals surface area contributed by atoms with Crippen LogP contribution in [0.5, 0.6) is 5.75 Å². The lowest BCUT2D eigenvalue weighted by Gasteiger charge is -1.92. The van der Waals surface area contributed by atoms with Gasteiger partial charge in [0.1, 0.15) is 5.75 Å². The van der Waals surface area contributed by atoms with Gasteiger partial charge in [-0.1, -0.05) is 0 Å². The van der Waals surface area contributed by atoms with E-state index in [-0.39, 0.29) is 0 Å². The van der Waals surface area contributed by atoms with Crippen LogP contribution in [0.1, 0.15) is 0 Å². The number of hydrogen-bond acceptors (Lipinski definition) is 2. The van der Waals surface area contributed by atoms with Crippen molar-refractivity contribution in [3.05, 3.63) is 29.8 Å². The second kappa shape index (κ2) is 2.26. The van der Waals surface area contributed by atoms with Crippen molar-refractivity contribution in [1.29, 1.82) is 0 Å². The third-order valence-corrected chi connectivity index (χ3v) is 3.16. The molecule has 3 rings (SSSR count). The van der Waals surface area contributed by atoms with Gasteiger partial charge in [-0.2, -0.15) is 0 Å². The molecule has 0 saturated carbocycles. The molecule has 3 aromatic rings. The largest absolute Gasteiger partial charge is 0.506 e. The van der Waals surface area contributed by atoms with Crippen LogP contribution < -0.4 is 0 Å². The Bertz CT molecular complexity index is 579. The number of aromatic nitrogens is 1. The van der Waals surface area contributed by atoms with Crippen molar-refractivity contribution in [3.63, 3.8) is 0 Å². The predicted molar refractivity (Wildman–Crippen MR) is 55.3 cm³/mol. The van der Waals surface area contributed by atoms with Gasteiger partial charge in [0.15, 0.2) is 0 Å². The molecule has 0 aliphatic rings. The first-order valence-electron chi connectivity index (χ1n) is 4.02. The summed E-state index contributed by atoms with van der Waals surface area (Å²) in [5.41, 5.74) is 1.12. The molecular formula is C10H7NOS. The van der Waals surface area contributed by atoms with E-state index < -0.39 is 0 Å². The molecule has 2 aromatic heterocycles. The van der Waals surface area contributed by atoms with E-state index >= 15 is 0 Å². The van der Waals surface area contributed by atoms with Crippen LogP contribution in [0.25, 0.3) is 21.0 Å². The number of thiophene rings is 1. The van der Waals surface area contributed by atoms with E-state index in [0.29, 0.717) is 5.75 Å². The van der Waals surface area contributed by atoms with Crippen molar-refractivity contribution in [3.8, 4) is 5.75 Å². The van der Waals surface area contributed by atoms with E-state index in [9.17, 15) is 5.11 Å². The monoisotopic (exact) mass is 189 g/mol. The third kappa shape index (κ3) is 0.876. The number of aromatic hydroxyl groups is 1. The van der Waals surface area contributed by atoms with Crippen molar-refractivity contribution in [2.24, 2.45) is 0 Å². The molecule has 0 aliphatic heterocycles. The number of nitrogens with one attached hydrogen (secondary N) is 1. The highest BCUT2D eigenvalue weighted by atomic mass is 32.1. The maximum Gasteiger partial charge on any atom is 0.134 e. The molecule has 1 aromatic carbocycles. The SMILES string of the molecule is Oc1csc2cc3[nH]ccc3cc12. The standard InChI is InChI=1S/C10H7NOS/c12-9-5-13-10-4-8-6(1-2-11-8)3-7(9)10/h1-5,11-12H. The first kappa shape index (κ1) is 6.97. The van der Waals surface area contributed by atoms with Crippen LogP contribution in [0.15, 0.2) is 29.8 Å². The Morgan fingerprint density at radius 2 is 2.23 bits per heavy atom. The number of fused-ring (bicyclic) bond motifs is 2. The van der Waals surface area contributed by atoms with Crippen LogP contribution in [0.2, 0.25) is 0 Å². The molecule has 0 aliphatic carbocycles. The van der Waals surface area contributed by atoms with Gasteiger partial charge in [-0.15, -0.1) is 11.3 Å². The quantitative estimate of drug-likeness (QED) is 0.560. The van der Waals surface area contributed by atoms with Crippen molar-refractivity contribution in [1.82, 2.24) is 4.98 Å². The number of aromatic amines is 1. The van der Waals surface area contributed by atoms with Gasteiger partial charge in [-0.05, 0) is 18.2 Å². The summed E-state index contributed by atoms with van der Waals surface area (Å²) in [7, 11) is 0. The molecule has 0 radical (unpaired) electrons. The normalized spacial score (nSPS) is 11.4. The van der Waals surface area contributed by atoms with Crippen LogP contribution in [0.3, 0.4) is 0 Å². The van der Waals surface area contributed by atoms with Gasteiger partial charge in [0.05, 0.1) is 0 Å². The summed E-state index contributed by atoms with van der Waals surface area (Å²) in [6.45, 7) is 0. The van der Waals surface area contributed by atoms with E-state index in [1.54, 1.807) is 16.7 Å². The predicted octanol–water partition coefficient (Wildman–Crippen LogP) is 3.09. The minimum Gasteiger partial charge on any atom is -0.506 e. The molecule has 0 unspecified atom stereocenters. The molecule has 13 heavy (non-hydrogen) atoms. The fourth-order valence-corrected chi connectivity index (χ4v) is 2.40. The maximum absolute atomic E-state index is 9.51. The molecule has 2 heterocycles. The highest BCUT2D eigenvalue weighted by Gasteiger charge is 2.04. The van der Waals surface area contributed by atoms with E-state index in [1.807, 2.05) is 18.3 Å². The molecule has 2 nitrogen and oxygen atoms in total. The summed E-state index contributed by atoms with van der Waals surface area (Å²) in [5.74, 6) is 0.378. The summed E-state index contributed by atoms with van der Waals surface area (Å²) in [5, 5.41) is 13.4. The van der Waals surface area contributed by atoms with Gasteiger partial charge in [-0.25, -0.2) is 0 Å². The molecule has 0 saturated heterocycles. The van der Waals surface area contributed by atoms with E-state index in [4.69, 9.17) is 0 Å². The number of H-pyrrole nitrogens is 1. The number of hydrogen-bond donors (Lipinski definition) is 2. The summed E-state index contributed by atoms with van der Waals surface area (Å²) < 4.78 is 1.12. The van der Waals surface area contributed by atoms with Gasteiger partial charge in [-0.3, -0.25) is 0 Å². The zero-order chi connectivity index (χ0) is 8.84. The summed E-state index contributed by atoms with van der Waals surface area (Å²) in [6.07, 6.45) is 1.91. The van der Waals surface area contributed by atoms with Gasteiger partial charge < -0.3 is 10.1 Å². The van der Waals surface area contributed by atoms with Gasteiger partial charge in [0.25, 0.3) is 0 Å². The fourth-order valence-electron chi connectivity index (χ4n) is 1.56. The molecule has 0 amide bonds. The second-order valence-corrected chi connectivity index (χ2v) is 3.95. The number of benzene rings is 1. The Morgan fingerprint density at radius 1 is 1.31 bits per heavy atom. The first-order valence-corrected chi connectivity index (χ1v) is 4.90. The Hall–Kier alpha value is -1.48. The average Bonchev–Trinajstić information content (AvgIpc) is 2.70. The van der Waals surface area contributed by atoms with Crippen LogP contribution >= 0.6 is 11.3 Å². The summed E-state index contributed by atoms with van der Waals surface area (Å²) in [4.78, 5) is 3.15. The van der Waals surface area contributed by atoms with Gasteiger partial charge in [0, 0.05) is 32.6 Å². The molecule has 0 spiro atoms. The topological polar surface area (TPSA) is 36.0 Å². The third-order valence-electron chi connectivity index (χ3n) is 2.23. The Labute approximate surface area is 78.4 Å². The Morgan fingerprint density at radius 3 is 3.15 bits per heavy atom. The summed E-state index contributed by atoms with van der Waals surface area (Å²) >= 11 is 1.56. The van der Waals surface area contributed by atoms with Crippen molar-refractivity contribution in [2.75, 3.05) is 0 Å². The molecule has 0 atom stereocenters. The van der Waals surface area contributed by atoms with Crippen molar-refractivity contribution in [2.45, 2.75) is 0 Å². The zero-order valence-electron chi connectivity index (χ0n) is 6.74. The Balaban J connectivity index is 2.59. The molecule has 0 bridgehead atoms. The lowest BCUT2D eigenvalue weighted by molar-refractivity contribution is 0.484. The van der Waals surface area contributed by atoms with E-state index in [2.05, 4.69) is 11.1 Å². The average molecular weight is 189 g/mol. The molecule has 3 heteroatoms. The molecule has 2 N–H and O–H groups in total. The van der Waals surface area contributed by atoms with Crippen LogP contribution in [0, 0.1) is 0 Å². The minimum atomic E-state index is 0.378. The van der Waals surface area contributed by atoms with Crippen LogP contribution in [0.4, 0.5) is 0 Å². The maximum atomic E-state index is 9.51. The van der Waals surface area contributed by atoms with Crippen LogP contribution in [-0.4, -0.2) is 10.1 Å². The highest BCUT2D eigenvalue weighted by molar-refractivity contribution is 7.17. The summed E-state index contributed by atoms with van der Waals surface area (Å²) in [6, 6.07) is 6.08. The Kier molecular flexibility index (Phi) is 1.21. The van der Waals surface area contributed by atoms with Crippen molar-refractivity contribution >= 4 is 32.3 Å². The molecule has 0 fully saturated rings. The highest BCUT2D eigenvalue weighted by Crippen LogP contribution is 2.33. The zero-order valence-corrected chi connectivity index (χ0v) is 7.56. The van der Waals surface area contributed by atoms with E-state index in [1.165, 1.54) is 0 Å². The molecule has 64 valence electrons. The smallest absolute Gasteiger partial charge is 0.134 e. The lowest BCUT2D eigenvalue weighted by atomic mass is 10.2. The van der Waals surface area contributed by atoms with Crippen LogP contribution in [-0.2, 0) is 0 Å². The van der Waals surface area contributed by atoms with E-state index in [0.717, 1.165) is 21.0 Å². The first-order chi connectivity index (χ1) is 6.34. The lowest BCUT2D eigenvalue weighted by Crippen LogP contribution is -1.67. The van der Waals surface area contributed by atoms with Gasteiger partial charge in [0.2, 0.25) is 0 Å². The van der Waals surface area contributed by atoms with Crippen molar-refractivity contribution < 1.29 is 5.11 Å².